The van der Waals surface area contributed by atoms with Crippen molar-refractivity contribution < 1.29 is 4.73 Å². The van der Waals surface area contributed by atoms with Crippen LogP contribution in [0.4, 0.5) is 0 Å². The van der Waals surface area contributed by atoms with Crippen LogP contribution in [0.15, 0.2) is 54.6 Å². The van der Waals surface area contributed by atoms with E-state index in [0.717, 1.165) is 21.2 Å². The molecule has 1 heterocycles. The lowest BCUT2D eigenvalue weighted by atomic mass is 10.1. The first-order valence-electron chi connectivity index (χ1n) is 6.04. The van der Waals surface area contributed by atoms with E-state index in [1.165, 1.54) is 0 Å². The Labute approximate surface area is 116 Å². The minimum atomic E-state index is 0.610. The van der Waals surface area contributed by atoms with Gasteiger partial charge in [0, 0.05) is 28.1 Å². The monoisotopic (exact) mass is 269 g/mol. The normalized spacial score (nSPS) is 10.8. The van der Waals surface area contributed by atoms with E-state index in [1.807, 2.05) is 49.4 Å². The highest BCUT2D eigenvalue weighted by atomic mass is 35.5. The maximum atomic E-state index is 12.4. The number of aromatic nitrogens is 1. The lowest BCUT2D eigenvalue weighted by Crippen LogP contribution is -2.30. The summed E-state index contributed by atoms with van der Waals surface area (Å²) in [5, 5.41) is 14.0. The SMILES string of the molecule is Cc1ccc2c(ccc(-c3cccc(Cl)c3)[n+]2[O-])c1. The average Bonchev–Trinajstić information content (AvgIpc) is 2.39. The minimum absolute atomic E-state index is 0.610. The van der Waals surface area contributed by atoms with E-state index in [4.69, 9.17) is 11.6 Å². The van der Waals surface area contributed by atoms with Gasteiger partial charge in [-0.15, -0.1) is 0 Å². The lowest BCUT2D eigenvalue weighted by Gasteiger charge is -2.08. The Balaban J connectivity index is 2.26. The van der Waals surface area contributed by atoms with Gasteiger partial charge in [0.25, 0.3) is 0 Å². The summed E-state index contributed by atoms with van der Waals surface area (Å²) in [5.74, 6) is 0. The smallest absolute Gasteiger partial charge is 0.224 e. The standard InChI is InChI=1S/C16H12ClNO/c1-11-5-7-15-13(9-11)6-8-16(18(15)19)12-3-2-4-14(17)10-12/h2-10H,1H3. The highest BCUT2D eigenvalue weighted by Gasteiger charge is 2.12. The predicted molar refractivity (Wildman–Crippen MR) is 78.1 cm³/mol. The molecule has 3 rings (SSSR count). The molecule has 0 aliphatic rings. The van der Waals surface area contributed by atoms with Crippen molar-refractivity contribution in [3.8, 4) is 11.3 Å². The summed E-state index contributed by atoms with van der Waals surface area (Å²) in [5.41, 5.74) is 3.25. The van der Waals surface area contributed by atoms with Crippen LogP contribution in [-0.4, -0.2) is 0 Å². The molecular formula is C16H12ClNO. The number of fused-ring (bicyclic) bond motifs is 1. The number of hydrogen-bond acceptors (Lipinski definition) is 1. The molecule has 0 amide bonds. The van der Waals surface area contributed by atoms with E-state index in [1.54, 1.807) is 12.1 Å². The number of benzene rings is 2. The van der Waals surface area contributed by atoms with Crippen LogP contribution in [0.1, 0.15) is 5.56 Å². The topological polar surface area (TPSA) is 26.9 Å². The third kappa shape index (κ3) is 2.15. The average molecular weight is 270 g/mol. The van der Waals surface area contributed by atoms with Crippen molar-refractivity contribution in [1.82, 2.24) is 0 Å². The fourth-order valence-electron chi connectivity index (χ4n) is 2.22. The van der Waals surface area contributed by atoms with Gasteiger partial charge in [0.05, 0.1) is 0 Å². The van der Waals surface area contributed by atoms with E-state index in [0.29, 0.717) is 16.2 Å². The van der Waals surface area contributed by atoms with Crippen LogP contribution >= 0.6 is 11.6 Å². The molecule has 19 heavy (non-hydrogen) atoms. The van der Waals surface area contributed by atoms with E-state index >= 15 is 0 Å². The van der Waals surface area contributed by atoms with Crippen molar-refractivity contribution in [2.75, 3.05) is 0 Å². The second kappa shape index (κ2) is 4.56. The van der Waals surface area contributed by atoms with Gasteiger partial charge in [-0.2, -0.15) is 4.73 Å². The maximum Gasteiger partial charge on any atom is 0.224 e. The zero-order chi connectivity index (χ0) is 13.4. The third-order valence-corrected chi connectivity index (χ3v) is 3.40. The van der Waals surface area contributed by atoms with Crippen molar-refractivity contribution in [2.45, 2.75) is 6.92 Å². The first-order chi connectivity index (χ1) is 9.15. The molecule has 0 saturated carbocycles. The Morgan fingerprint density at radius 1 is 1.00 bits per heavy atom. The molecular weight excluding hydrogens is 258 g/mol. The minimum Gasteiger partial charge on any atom is -0.618 e. The Morgan fingerprint density at radius 2 is 1.84 bits per heavy atom. The van der Waals surface area contributed by atoms with Crippen molar-refractivity contribution in [3.63, 3.8) is 0 Å². The van der Waals surface area contributed by atoms with Crippen LogP contribution in [-0.2, 0) is 0 Å². The second-order valence-corrected chi connectivity index (χ2v) is 5.02. The molecule has 3 heteroatoms. The molecule has 0 radical (unpaired) electrons. The summed E-state index contributed by atoms with van der Waals surface area (Å²) in [6.07, 6.45) is 0. The van der Waals surface area contributed by atoms with Crippen molar-refractivity contribution >= 4 is 22.5 Å². The molecule has 0 unspecified atom stereocenters. The van der Waals surface area contributed by atoms with Crippen LogP contribution in [0, 0.1) is 12.1 Å². The fraction of sp³-hybridized carbons (Fsp3) is 0.0625. The molecule has 0 aliphatic heterocycles. The highest BCUT2D eigenvalue weighted by molar-refractivity contribution is 6.30. The summed E-state index contributed by atoms with van der Waals surface area (Å²) in [4.78, 5) is 0. The largest absolute Gasteiger partial charge is 0.618 e. The number of hydrogen-bond donors (Lipinski definition) is 0. The van der Waals surface area contributed by atoms with Gasteiger partial charge < -0.3 is 5.21 Å². The number of rotatable bonds is 1. The molecule has 0 bridgehead atoms. The van der Waals surface area contributed by atoms with Crippen LogP contribution in [0.5, 0.6) is 0 Å². The zero-order valence-corrected chi connectivity index (χ0v) is 11.2. The summed E-state index contributed by atoms with van der Waals surface area (Å²) in [6.45, 7) is 2.01. The Morgan fingerprint density at radius 3 is 2.63 bits per heavy atom. The first-order valence-corrected chi connectivity index (χ1v) is 6.42. The molecule has 94 valence electrons. The van der Waals surface area contributed by atoms with Crippen LogP contribution in [0.2, 0.25) is 5.02 Å². The predicted octanol–water partition coefficient (Wildman–Crippen LogP) is 4.10. The number of pyridine rings is 1. The molecule has 0 spiro atoms. The van der Waals surface area contributed by atoms with E-state index in [9.17, 15) is 5.21 Å². The Kier molecular flexibility index (Phi) is 2.88. The van der Waals surface area contributed by atoms with Crippen molar-refractivity contribution in [3.05, 3.63) is 70.4 Å². The van der Waals surface area contributed by atoms with Gasteiger partial charge in [-0.05, 0) is 37.3 Å². The quantitative estimate of drug-likeness (QED) is 0.483. The van der Waals surface area contributed by atoms with Crippen LogP contribution < -0.4 is 4.73 Å². The molecule has 2 aromatic carbocycles. The molecule has 0 aliphatic carbocycles. The molecule has 0 fully saturated rings. The third-order valence-electron chi connectivity index (χ3n) is 3.16. The molecule has 0 N–H and O–H groups in total. The van der Waals surface area contributed by atoms with Gasteiger partial charge in [-0.3, -0.25) is 0 Å². The summed E-state index contributed by atoms with van der Waals surface area (Å²) >= 11 is 5.97. The highest BCUT2D eigenvalue weighted by Crippen LogP contribution is 2.22. The Bertz CT molecular complexity index is 768. The molecule has 1 aromatic heterocycles. The van der Waals surface area contributed by atoms with E-state index in [-0.39, 0.29) is 0 Å². The summed E-state index contributed by atoms with van der Waals surface area (Å²) in [6, 6.07) is 16.9. The zero-order valence-electron chi connectivity index (χ0n) is 10.4. The van der Waals surface area contributed by atoms with Gasteiger partial charge >= 0.3 is 0 Å². The van der Waals surface area contributed by atoms with E-state index in [2.05, 4.69) is 0 Å². The molecule has 0 saturated heterocycles. The number of nitrogens with zero attached hydrogens (tertiary/aromatic N) is 1. The van der Waals surface area contributed by atoms with Crippen molar-refractivity contribution in [2.24, 2.45) is 0 Å². The fourth-order valence-corrected chi connectivity index (χ4v) is 2.41. The van der Waals surface area contributed by atoms with E-state index < -0.39 is 0 Å². The number of halogens is 1. The van der Waals surface area contributed by atoms with Crippen LogP contribution in [0.25, 0.3) is 22.2 Å². The molecule has 3 aromatic rings. The van der Waals surface area contributed by atoms with Gasteiger partial charge in [0.1, 0.15) is 0 Å². The summed E-state index contributed by atoms with van der Waals surface area (Å²) in [7, 11) is 0. The lowest BCUT2D eigenvalue weighted by molar-refractivity contribution is -0.565. The van der Waals surface area contributed by atoms with Crippen molar-refractivity contribution in [1.29, 1.82) is 0 Å². The van der Waals surface area contributed by atoms with Gasteiger partial charge in [-0.25, -0.2) is 0 Å². The molecule has 0 atom stereocenters. The maximum absolute atomic E-state index is 12.4. The second-order valence-electron chi connectivity index (χ2n) is 4.59. The summed E-state index contributed by atoms with van der Waals surface area (Å²) < 4.78 is 0.959. The Hall–Kier alpha value is -2.06. The number of aryl methyl sites for hydroxylation is 1. The van der Waals surface area contributed by atoms with Crippen LogP contribution in [0.3, 0.4) is 0 Å². The van der Waals surface area contributed by atoms with Gasteiger partial charge in [-0.1, -0.05) is 29.3 Å². The first kappa shape index (κ1) is 12.0. The van der Waals surface area contributed by atoms with Gasteiger partial charge in [0.2, 0.25) is 11.2 Å². The van der Waals surface area contributed by atoms with Gasteiger partial charge in [0.15, 0.2) is 0 Å². The molecule has 2 nitrogen and oxygen atoms in total.